The molecular formula is C15H23N3O. The Morgan fingerprint density at radius 1 is 1.37 bits per heavy atom. The summed E-state index contributed by atoms with van der Waals surface area (Å²) in [6.45, 7) is 0.770. The van der Waals surface area contributed by atoms with Crippen LogP contribution in [0.4, 0.5) is 0 Å². The molecule has 0 aromatic heterocycles. The molecular weight excluding hydrogens is 238 g/mol. The molecule has 0 spiro atoms. The van der Waals surface area contributed by atoms with Crippen LogP contribution in [0.1, 0.15) is 30.9 Å². The lowest BCUT2D eigenvalue weighted by Gasteiger charge is -2.38. The summed E-state index contributed by atoms with van der Waals surface area (Å²) < 4.78 is 0. The first kappa shape index (κ1) is 14.0. The van der Waals surface area contributed by atoms with Crippen molar-refractivity contribution in [2.45, 2.75) is 30.8 Å². The second kappa shape index (κ2) is 5.72. The molecule has 3 N–H and O–H groups in total. The van der Waals surface area contributed by atoms with Crippen LogP contribution >= 0.6 is 0 Å². The maximum Gasteiger partial charge on any atom is 0.240 e. The number of amides is 1. The van der Waals surface area contributed by atoms with Gasteiger partial charge in [0.2, 0.25) is 5.91 Å². The van der Waals surface area contributed by atoms with Gasteiger partial charge in [0.1, 0.15) is 0 Å². The predicted molar refractivity (Wildman–Crippen MR) is 76.6 cm³/mol. The fraction of sp³-hybridized carbons (Fsp3) is 0.533. The van der Waals surface area contributed by atoms with Crippen molar-refractivity contribution in [3.05, 3.63) is 35.9 Å². The normalized spacial score (nSPS) is 18.7. The zero-order valence-electron chi connectivity index (χ0n) is 11.7. The fourth-order valence-electron chi connectivity index (χ4n) is 2.37. The highest BCUT2D eigenvalue weighted by Crippen LogP contribution is 2.30. The highest BCUT2D eigenvalue weighted by molar-refractivity contribution is 5.87. The summed E-state index contributed by atoms with van der Waals surface area (Å²) in [6.07, 6.45) is 2.64. The third kappa shape index (κ3) is 3.33. The Kier molecular flexibility index (Phi) is 4.22. The highest BCUT2D eigenvalue weighted by Gasteiger charge is 2.40. The molecule has 1 fully saturated rings. The Bertz CT molecular complexity index is 426. The van der Waals surface area contributed by atoms with Gasteiger partial charge in [0.15, 0.2) is 0 Å². The summed E-state index contributed by atoms with van der Waals surface area (Å²) in [5.74, 6) is -0.0190. The van der Waals surface area contributed by atoms with Crippen molar-refractivity contribution in [3.8, 4) is 0 Å². The Hall–Kier alpha value is -1.39. The number of carbonyl (C=O) groups excluding carboxylic acids is 1. The average molecular weight is 261 g/mol. The van der Waals surface area contributed by atoms with Crippen LogP contribution in [-0.2, 0) is 4.79 Å². The lowest BCUT2D eigenvalue weighted by Crippen LogP contribution is -2.59. The summed E-state index contributed by atoms with van der Waals surface area (Å²) in [5.41, 5.74) is 6.56. The largest absolute Gasteiger partial charge is 0.346 e. The van der Waals surface area contributed by atoms with E-state index < -0.39 is 5.54 Å². The lowest BCUT2D eigenvalue weighted by molar-refractivity contribution is -0.130. The van der Waals surface area contributed by atoms with Crippen molar-refractivity contribution < 1.29 is 4.79 Å². The summed E-state index contributed by atoms with van der Waals surface area (Å²) in [5, 5.41) is 3.10. The van der Waals surface area contributed by atoms with Gasteiger partial charge < -0.3 is 16.0 Å². The first-order valence-electron chi connectivity index (χ1n) is 6.81. The van der Waals surface area contributed by atoms with Crippen LogP contribution in [0.25, 0.3) is 0 Å². The van der Waals surface area contributed by atoms with E-state index >= 15 is 0 Å². The zero-order valence-corrected chi connectivity index (χ0v) is 11.7. The van der Waals surface area contributed by atoms with Gasteiger partial charge in [-0.2, -0.15) is 0 Å². The molecule has 0 saturated heterocycles. The van der Waals surface area contributed by atoms with Crippen LogP contribution in [0, 0.1) is 0 Å². The summed E-state index contributed by atoms with van der Waals surface area (Å²) in [4.78, 5) is 14.3. The van der Waals surface area contributed by atoms with Gasteiger partial charge in [-0.25, -0.2) is 0 Å². The average Bonchev–Trinajstić information content (AvgIpc) is 2.35. The van der Waals surface area contributed by atoms with Gasteiger partial charge in [-0.05, 0) is 38.9 Å². The molecule has 1 atom stereocenters. The van der Waals surface area contributed by atoms with E-state index in [-0.39, 0.29) is 11.9 Å². The molecule has 1 unspecified atom stereocenters. The first-order valence-corrected chi connectivity index (χ1v) is 6.81. The van der Waals surface area contributed by atoms with Crippen LogP contribution in [0.3, 0.4) is 0 Å². The number of rotatable bonds is 5. The Morgan fingerprint density at radius 2 is 2.00 bits per heavy atom. The molecule has 104 valence electrons. The van der Waals surface area contributed by atoms with Gasteiger partial charge in [-0.3, -0.25) is 4.79 Å². The van der Waals surface area contributed by atoms with Gasteiger partial charge in [0, 0.05) is 6.54 Å². The second-order valence-electron chi connectivity index (χ2n) is 5.71. The summed E-state index contributed by atoms with van der Waals surface area (Å²) in [7, 11) is 4.01. The quantitative estimate of drug-likeness (QED) is 0.839. The van der Waals surface area contributed by atoms with Crippen LogP contribution in [-0.4, -0.2) is 37.0 Å². The molecule has 4 heteroatoms. The number of nitrogens with two attached hydrogens (primary N) is 1. The van der Waals surface area contributed by atoms with Crippen LogP contribution in [0.2, 0.25) is 0 Å². The molecule has 0 radical (unpaired) electrons. The van der Waals surface area contributed by atoms with Crippen LogP contribution < -0.4 is 11.1 Å². The minimum atomic E-state index is -0.640. The molecule has 1 aliphatic rings. The number of hydrogen-bond acceptors (Lipinski definition) is 3. The molecule has 0 aliphatic heterocycles. The molecule has 1 amide bonds. The molecule has 1 aliphatic carbocycles. The van der Waals surface area contributed by atoms with E-state index in [0.29, 0.717) is 0 Å². The molecule has 2 rings (SSSR count). The monoisotopic (exact) mass is 261 g/mol. The molecule has 19 heavy (non-hydrogen) atoms. The summed E-state index contributed by atoms with van der Waals surface area (Å²) in [6, 6.07) is 10.0. The van der Waals surface area contributed by atoms with Crippen molar-refractivity contribution in [2.24, 2.45) is 5.73 Å². The molecule has 0 bridgehead atoms. The molecule has 4 nitrogen and oxygen atoms in total. The number of nitrogens with zero attached hydrogens (tertiary/aromatic N) is 1. The van der Waals surface area contributed by atoms with Crippen LogP contribution in [0.15, 0.2) is 30.3 Å². The minimum absolute atomic E-state index is 0.00951. The standard InChI is InChI=1S/C15H23N3O/c1-18(2)11-13(12-7-4-3-5-8-12)17-14(19)15(16)9-6-10-15/h3-5,7-8,13H,6,9-11,16H2,1-2H3,(H,17,19). The van der Waals surface area contributed by atoms with E-state index in [0.717, 1.165) is 31.4 Å². The van der Waals surface area contributed by atoms with E-state index in [2.05, 4.69) is 10.2 Å². The molecule has 1 aromatic rings. The number of nitrogens with one attached hydrogen (secondary N) is 1. The van der Waals surface area contributed by atoms with E-state index in [1.807, 2.05) is 44.4 Å². The van der Waals surface area contributed by atoms with Crippen molar-refractivity contribution in [3.63, 3.8) is 0 Å². The smallest absolute Gasteiger partial charge is 0.240 e. The van der Waals surface area contributed by atoms with Crippen molar-refractivity contribution >= 4 is 5.91 Å². The maximum atomic E-state index is 12.3. The van der Waals surface area contributed by atoms with E-state index in [9.17, 15) is 4.79 Å². The number of carbonyl (C=O) groups is 1. The third-order valence-electron chi connectivity index (χ3n) is 3.75. The van der Waals surface area contributed by atoms with Gasteiger partial charge in [0.05, 0.1) is 11.6 Å². The van der Waals surface area contributed by atoms with Gasteiger partial charge >= 0.3 is 0 Å². The van der Waals surface area contributed by atoms with E-state index in [1.54, 1.807) is 0 Å². The Labute approximate surface area is 115 Å². The number of benzene rings is 1. The zero-order chi connectivity index (χ0) is 13.9. The van der Waals surface area contributed by atoms with E-state index in [4.69, 9.17) is 5.73 Å². The van der Waals surface area contributed by atoms with Crippen LogP contribution in [0.5, 0.6) is 0 Å². The van der Waals surface area contributed by atoms with Crippen molar-refractivity contribution in [1.29, 1.82) is 0 Å². The highest BCUT2D eigenvalue weighted by atomic mass is 16.2. The van der Waals surface area contributed by atoms with Crippen molar-refractivity contribution in [2.75, 3.05) is 20.6 Å². The van der Waals surface area contributed by atoms with E-state index in [1.165, 1.54) is 0 Å². The molecule has 1 saturated carbocycles. The SMILES string of the molecule is CN(C)CC(NC(=O)C1(N)CCC1)c1ccccc1. The minimum Gasteiger partial charge on any atom is -0.346 e. The van der Waals surface area contributed by atoms with Gasteiger partial charge in [-0.15, -0.1) is 0 Å². The Morgan fingerprint density at radius 3 is 2.47 bits per heavy atom. The topological polar surface area (TPSA) is 58.4 Å². The molecule has 0 heterocycles. The van der Waals surface area contributed by atoms with Gasteiger partial charge in [-0.1, -0.05) is 30.3 Å². The summed E-state index contributed by atoms with van der Waals surface area (Å²) >= 11 is 0. The lowest BCUT2D eigenvalue weighted by atomic mass is 9.77. The maximum absolute atomic E-state index is 12.3. The first-order chi connectivity index (χ1) is 9.01. The molecule has 1 aromatic carbocycles. The number of hydrogen-bond donors (Lipinski definition) is 2. The second-order valence-corrected chi connectivity index (χ2v) is 5.71. The third-order valence-corrected chi connectivity index (χ3v) is 3.75. The van der Waals surface area contributed by atoms with Gasteiger partial charge in [0.25, 0.3) is 0 Å². The Balaban J connectivity index is 2.08. The predicted octanol–water partition coefficient (Wildman–Crippen LogP) is 1.29. The fourth-order valence-corrected chi connectivity index (χ4v) is 2.37. The van der Waals surface area contributed by atoms with Crippen molar-refractivity contribution in [1.82, 2.24) is 10.2 Å². The number of likely N-dealkylation sites (N-methyl/N-ethyl adjacent to an activating group) is 1.